The quantitative estimate of drug-likeness (QED) is 0.423. The summed E-state index contributed by atoms with van der Waals surface area (Å²) in [6, 6.07) is 7.58. The molecule has 10 heteroatoms. The molecule has 2 aliphatic rings. The first-order valence-corrected chi connectivity index (χ1v) is 9.60. The second kappa shape index (κ2) is 7.78. The molecule has 8 nitrogen and oxygen atoms in total. The van der Waals surface area contributed by atoms with Crippen molar-refractivity contribution in [2.24, 2.45) is 4.99 Å². The van der Waals surface area contributed by atoms with Gasteiger partial charge in [-0.15, -0.1) is 0 Å². The molecular formula is C18H14ClN3O5S. The highest BCUT2D eigenvalue weighted by Gasteiger charge is 2.27. The van der Waals surface area contributed by atoms with Crippen molar-refractivity contribution in [2.75, 3.05) is 26.3 Å². The van der Waals surface area contributed by atoms with E-state index in [4.69, 9.17) is 20.8 Å². The molecule has 28 heavy (non-hydrogen) atoms. The first kappa shape index (κ1) is 18.7. The zero-order valence-electron chi connectivity index (χ0n) is 14.5. The number of aliphatic imine (C=N–C) groups is 1. The molecule has 0 N–H and O–H groups in total. The number of ether oxygens (including phenoxy) is 1. The van der Waals surface area contributed by atoms with Crippen molar-refractivity contribution < 1.29 is 18.9 Å². The minimum atomic E-state index is -0.511. The number of halogens is 1. The van der Waals surface area contributed by atoms with Crippen molar-refractivity contribution in [1.82, 2.24) is 4.90 Å². The van der Waals surface area contributed by atoms with Crippen LogP contribution in [0.5, 0.6) is 0 Å². The summed E-state index contributed by atoms with van der Waals surface area (Å²) in [6.07, 6.45) is 1.63. The molecule has 2 aliphatic heterocycles. The van der Waals surface area contributed by atoms with Gasteiger partial charge in [-0.05, 0) is 30.0 Å². The van der Waals surface area contributed by atoms with Gasteiger partial charge in [0.2, 0.25) is 0 Å². The molecule has 1 saturated heterocycles. The van der Waals surface area contributed by atoms with E-state index in [1.165, 1.54) is 30.0 Å². The SMILES string of the molecule is O=C1N=C(N2CCOCC2)S/C1=C\c1ccc(-c2ccc([N+](=O)[O-])cc2Cl)o1. The fourth-order valence-corrected chi connectivity index (χ4v) is 4.02. The van der Waals surface area contributed by atoms with Crippen LogP contribution in [0.25, 0.3) is 17.4 Å². The van der Waals surface area contributed by atoms with Crippen molar-refractivity contribution in [2.45, 2.75) is 0 Å². The molecule has 0 aliphatic carbocycles. The van der Waals surface area contributed by atoms with Crippen molar-refractivity contribution in [3.8, 4) is 11.3 Å². The average molecular weight is 420 g/mol. The van der Waals surface area contributed by atoms with E-state index >= 15 is 0 Å². The van der Waals surface area contributed by atoms with E-state index in [0.29, 0.717) is 53.5 Å². The van der Waals surface area contributed by atoms with E-state index in [-0.39, 0.29) is 16.6 Å². The van der Waals surface area contributed by atoms with Gasteiger partial charge in [0.05, 0.1) is 28.1 Å². The molecule has 1 fully saturated rings. The average Bonchev–Trinajstić information content (AvgIpc) is 3.30. The minimum Gasteiger partial charge on any atom is -0.457 e. The van der Waals surface area contributed by atoms with Crippen molar-refractivity contribution >= 4 is 46.2 Å². The van der Waals surface area contributed by atoms with Gasteiger partial charge in [0.25, 0.3) is 11.6 Å². The van der Waals surface area contributed by atoms with Crippen LogP contribution in [0, 0.1) is 10.1 Å². The lowest BCUT2D eigenvalue weighted by Gasteiger charge is -2.27. The van der Waals surface area contributed by atoms with E-state index in [0.717, 1.165) is 0 Å². The molecule has 0 radical (unpaired) electrons. The lowest BCUT2D eigenvalue weighted by Crippen LogP contribution is -2.38. The zero-order valence-corrected chi connectivity index (χ0v) is 16.0. The van der Waals surface area contributed by atoms with E-state index in [1.807, 2.05) is 4.90 Å². The smallest absolute Gasteiger partial charge is 0.286 e. The molecule has 3 heterocycles. The number of hydrogen-bond acceptors (Lipinski definition) is 7. The molecule has 0 unspecified atom stereocenters. The molecule has 0 saturated carbocycles. The van der Waals surface area contributed by atoms with E-state index in [1.54, 1.807) is 18.2 Å². The van der Waals surface area contributed by atoms with Crippen molar-refractivity contribution in [3.63, 3.8) is 0 Å². The number of nitro groups is 1. The molecule has 0 spiro atoms. The maximum atomic E-state index is 12.2. The van der Waals surface area contributed by atoms with Gasteiger partial charge in [-0.3, -0.25) is 14.9 Å². The largest absolute Gasteiger partial charge is 0.457 e. The van der Waals surface area contributed by atoms with Gasteiger partial charge in [-0.2, -0.15) is 4.99 Å². The number of nitro benzene ring substituents is 1. The maximum Gasteiger partial charge on any atom is 0.286 e. The van der Waals surface area contributed by atoms with E-state index in [9.17, 15) is 14.9 Å². The number of carbonyl (C=O) groups is 1. The standard InChI is InChI=1S/C18H14ClN3O5S/c19-14-9-11(22(24)25)1-3-13(14)15-4-2-12(27-15)10-16-17(23)20-18(28-16)21-5-7-26-8-6-21/h1-4,9-10H,5-8H2/b16-10-. The summed E-state index contributed by atoms with van der Waals surface area (Å²) in [5.41, 5.74) is 0.441. The van der Waals surface area contributed by atoms with Crippen molar-refractivity contribution in [1.29, 1.82) is 0 Å². The van der Waals surface area contributed by atoms with Crippen LogP contribution in [0.3, 0.4) is 0 Å². The van der Waals surface area contributed by atoms with Gasteiger partial charge in [-0.1, -0.05) is 11.6 Å². The Morgan fingerprint density at radius 3 is 2.75 bits per heavy atom. The molecule has 4 rings (SSSR count). The Hall–Kier alpha value is -2.62. The van der Waals surface area contributed by atoms with Gasteiger partial charge >= 0.3 is 0 Å². The maximum absolute atomic E-state index is 12.2. The Labute approximate surface area is 169 Å². The normalized spacial score (nSPS) is 18.6. The van der Waals surface area contributed by atoms with Crippen LogP contribution >= 0.6 is 23.4 Å². The topological polar surface area (TPSA) is 98.2 Å². The lowest BCUT2D eigenvalue weighted by molar-refractivity contribution is -0.384. The Balaban J connectivity index is 1.52. The number of thioether (sulfide) groups is 1. The summed E-state index contributed by atoms with van der Waals surface area (Å²) in [5, 5.41) is 11.7. The zero-order chi connectivity index (χ0) is 19.7. The monoisotopic (exact) mass is 419 g/mol. The fraction of sp³-hybridized carbons (Fsp3) is 0.222. The second-order valence-corrected chi connectivity index (χ2v) is 7.45. The number of hydrogen-bond donors (Lipinski definition) is 0. The second-order valence-electron chi connectivity index (χ2n) is 6.03. The summed E-state index contributed by atoms with van der Waals surface area (Å²) in [5.74, 6) is 0.619. The summed E-state index contributed by atoms with van der Waals surface area (Å²) in [6.45, 7) is 2.64. The third kappa shape index (κ3) is 3.82. The van der Waals surface area contributed by atoms with E-state index in [2.05, 4.69) is 4.99 Å². The predicted octanol–water partition coefficient (Wildman–Crippen LogP) is 3.81. The Bertz CT molecular complexity index is 1010. The molecule has 144 valence electrons. The number of benzene rings is 1. The number of furan rings is 1. The number of carbonyl (C=O) groups excluding carboxylic acids is 1. The van der Waals surface area contributed by atoms with Crippen LogP contribution in [0.4, 0.5) is 5.69 Å². The molecule has 0 bridgehead atoms. The molecule has 2 aromatic rings. The summed E-state index contributed by atoms with van der Waals surface area (Å²) < 4.78 is 11.1. The molecule has 0 atom stereocenters. The first-order valence-electron chi connectivity index (χ1n) is 8.41. The Kier molecular flexibility index (Phi) is 5.21. The summed E-state index contributed by atoms with van der Waals surface area (Å²) in [4.78, 5) is 29.1. The van der Waals surface area contributed by atoms with Crippen LogP contribution < -0.4 is 0 Å². The lowest BCUT2D eigenvalue weighted by atomic mass is 10.1. The van der Waals surface area contributed by atoms with Gasteiger partial charge < -0.3 is 14.1 Å². The Morgan fingerprint density at radius 2 is 2.04 bits per heavy atom. The number of morpholine rings is 1. The van der Waals surface area contributed by atoms with Gasteiger partial charge in [0.15, 0.2) is 5.17 Å². The van der Waals surface area contributed by atoms with Crippen LogP contribution in [0.2, 0.25) is 5.02 Å². The Morgan fingerprint density at radius 1 is 1.25 bits per heavy atom. The predicted molar refractivity (Wildman–Crippen MR) is 106 cm³/mol. The third-order valence-electron chi connectivity index (χ3n) is 4.22. The highest BCUT2D eigenvalue weighted by atomic mass is 35.5. The highest BCUT2D eigenvalue weighted by molar-refractivity contribution is 8.18. The molecular weight excluding hydrogens is 406 g/mol. The van der Waals surface area contributed by atoms with Crippen LogP contribution in [0.15, 0.2) is 44.6 Å². The summed E-state index contributed by atoms with van der Waals surface area (Å²) in [7, 11) is 0. The number of rotatable bonds is 3. The third-order valence-corrected chi connectivity index (χ3v) is 5.58. The van der Waals surface area contributed by atoms with E-state index < -0.39 is 4.92 Å². The van der Waals surface area contributed by atoms with Crippen LogP contribution in [-0.2, 0) is 9.53 Å². The number of non-ortho nitro benzene ring substituents is 1. The number of amides is 1. The minimum absolute atomic E-state index is 0.0941. The first-order chi connectivity index (χ1) is 13.5. The van der Waals surface area contributed by atoms with Gasteiger partial charge in [0, 0.05) is 36.9 Å². The van der Waals surface area contributed by atoms with Gasteiger partial charge in [-0.25, -0.2) is 0 Å². The van der Waals surface area contributed by atoms with Gasteiger partial charge in [0.1, 0.15) is 11.5 Å². The number of amidine groups is 1. The van der Waals surface area contributed by atoms with Crippen LogP contribution in [-0.4, -0.2) is 47.2 Å². The highest BCUT2D eigenvalue weighted by Crippen LogP contribution is 2.34. The van der Waals surface area contributed by atoms with Crippen molar-refractivity contribution in [3.05, 3.63) is 56.1 Å². The summed E-state index contributed by atoms with van der Waals surface area (Å²) >= 11 is 7.45. The molecule has 1 amide bonds. The molecule has 1 aromatic heterocycles. The number of nitrogens with zero attached hydrogens (tertiary/aromatic N) is 3. The fourth-order valence-electron chi connectivity index (χ4n) is 2.81. The van der Waals surface area contributed by atoms with Crippen LogP contribution in [0.1, 0.15) is 5.76 Å². The molecule has 1 aromatic carbocycles.